The number of fused-ring (bicyclic) bond motifs is 1. The van der Waals surface area contributed by atoms with Gasteiger partial charge in [-0.05, 0) is 47.5 Å². The fourth-order valence-electron chi connectivity index (χ4n) is 6.42. The first kappa shape index (κ1) is 39.6. The summed E-state index contributed by atoms with van der Waals surface area (Å²) in [5, 5.41) is 1.76. The SMILES string of the molecule is Cn1c(C(=O)N2CCN(Cc3ccc(OCC(F)(F)F)cc3)CC2)cc2ccc(Oc3ccc(NS(=O)(=O)c4csc(C(F)(F)F)c4-c4ccccc4)cn3)cc21. The third-order valence-electron chi connectivity index (χ3n) is 9.21. The number of benzene rings is 3. The number of carbonyl (C=O) groups excluding carboxylic acids is 1. The number of nitrogens with zero attached hydrogens (tertiary/aromatic N) is 4. The standard InChI is InChI=1S/C39H33F6N5O5S2/c1-48-31-20-30(55-34-14-10-28(21-46-34)47-57(52,53)33-23-56-36(39(43,44)45)35(33)26-5-3-2-4-6-26)13-9-27(31)19-32(48)37(51)50-17-15-49(16-18-50)22-25-7-11-29(12-8-25)54-24-38(40,41)42/h2-14,19-21,23,47H,15-18,22,24H2,1H3. The van der Waals surface area contributed by atoms with Gasteiger partial charge in [0.15, 0.2) is 6.61 Å². The summed E-state index contributed by atoms with van der Waals surface area (Å²) >= 11 is 0.304. The van der Waals surface area contributed by atoms with E-state index in [9.17, 15) is 39.6 Å². The molecule has 0 saturated carbocycles. The van der Waals surface area contributed by atoms with Gasteiger partial charge in [-0.3, -0.25) is 14.4 Å². The van der Waals surface area contributed by atoms with Crippen molar-refractivity contribution < 1.29 is 49.0 Å². The Hall–Kier alpha value is -5.59. The topological polar surface area (TPSA) is 106 Å². The molecule has 0 aliphatic carbocycles. The molecular formula is C39H33F6N5O5S2. The number of pyridine rings is 1. The monoisotopic (exact) mass is 829 g/mol. The zero-order valence-corrected chi connectivity index (χ0v) is 31.6. The number of halogens is 6. The number of alkyl halides is 6. The van der Waals surface area contributed by atoms with Crippen LogP contribution in [0.5, 0.6) is 17.4 Å². The van der Waals surface area contributed by atoms with Crippen molar-refractivity contribution in [2.75, 3.05) is 37.5 Å². The summed E-state index contributed by atoms with van der Waals surface area (Å²) < 4.78 is 120. The van der Waals surface area contributed by atoms with Crippen molar-refractivity contribution in [3.8, 4) is 28.5 Å². The zero-order valence-electron chi connectivity index (χ0n) is 30.0. The molecule has 6 aromatic rings. The number of sulfonamides is 1. The Morgan fingerprint density at radius 3 is 2.23 bits per heavy atom. The molecule has 298 valence electrons. The minimum absolute atomic E-state index is 0.00932. The van der Waals surface area contributed by atoms with Gasteiger partial charge >= 0.3 is 12.4 Å². The average molecular weight is 830 g/mol. The van der Waals surface area contributed by atoms with Crippen LogP contribution in [-0.2, 0) is 29.8 Å². The number of ether oxygens (including phenoxy) is 2. The lowest BCUT2D eigenvalue weighted by molar-refractivity contribution is -0.153. The van der Waals surface area contributed by atoms with Crippen LogP contribution in [0.25, 0.3) is 22.0 Å². The van der Waals surface area contributed by atoms with E-state index in [-0.39, 0.29) is 28.8 Å². The summed E-state index contributed by atoms with van der Waals surface area (Å²) in [5.41, 5.74) is 1.79. The fourth-order valence-corrected chi connectivity index (χ4v) is 8.99. The van der Waals surface area contributed by atoms with E-state index in [0.29, 0.717) is 61.0 Å². The minimum atomic E-state index is -4.76. The summed E-state index contributed by atoms with van der Waals surface area (Å²) in [6, 6.07) is 23.8. The van der Waals surface area contributed by atoms with Gasteiger partial charge in [0.2, 0.25) is 5.88 Å². The van der Waals surface area contributed by atoms with Gasteiger partial charge < -0.3 is 18.9 Å². The van der Waals surface area contributed by atoms with Gasteiger partial charge in [-0.1, -0.05) is 42.5 Å². The van der Waals surface area contributed by atoms with Crippen molar-refractivity contribution in [3.05, 3.63) is 119 Å². The van der Waals surface area contributed by atoms with Crippen molar-refractivity contribution in [3.63, 3.8) is 0 Å². The maximum atomic E-state index is 13.8. The Morgan fingerprint density at radius 2 is 1.58 bits per heavy atom. The Bertz CT molecular complexity index is 2480. The van der Waals surface area contributed by atoms with E-state index in [1.165, 1.54) is 54.7 Å². The summed E-state index contributed by atoms with van der Waals surface area (Å²) in [6.07, 6.45) is -7.98. The van der Waals surface area contributed by atoms with Crippen molar-refractivity contribution in [2.45, 2.75) is 23.8 Å². The van der Waals surface area contributed by atoms with Crippen molar-refractivity contribution >= 4 is 43.9 Å². The van der Waals surface area contributed by atoms with Crippen LogP contribution in [0.1, 0.15) is 20.9 Å². The van der Waals surface area contributed by atoms with Crippen molar-refractivity contribution in [1.29, 1.82) is 0 Å². The van der Waals surface area contributed by atoms with E-state index < -0.39 is 44.3 Å². The second-order valence-corrected chi connectivity index (χ2v) is 15.7. The number of anilines is 1. The van der Waals surface area contributed by atoms with Crippen molar-refractivity contribution in [2.24, 2.45) is 7.05 Å². The number of hydrogen-bond acceptors (Lipinski definition) is 8. The third-order valence-corrected chi connectivity index (χ3v) is 11.8. The largest absolute Gasteiger partial charge is 0.484 e. The Labute approximate surface area is 326 Å². The highest BCUT2D eigenvalue weighted by Gasteiger charge is 2.39. The van der Waals surface area contributed by atoms with Gasteiger partial charge in [0.05, 0.1) is 17.4 Å². The molecule has 1 saturated heterocycles. The highest BCUT2D eigenvalue weighted by atomic mass is 32.2. The molecule has 3 aromatic carbocycles. The number of rotatable bonds is 11. The van der Waals surface area contributed by atoms with Crippen LogP contribution in [0.3, 0.4) is 0 Å². The molecule has 1 N–H and O–H groups in total. The van der Waals surface area contributed by atoms with Gasteiger partial charge in [-0.2, -0.15) is 26.3 Å². The van der Waals surface area contributed by atoms with Crippen LogP contribution in [0.2, 0.25) is 0 Å². The quantitative estimate of drug-likeness (QED) is 0.130. The maximum absolute atomic E-state index is 13.8. The predicted molar refractivity (Wildman–Crippen MR) is 202 cm³/mol. The number of amides is 1. The molecule has 0 bridgehead atoms. The van der Waals surface area contributed by atoms with Gasteiger partial charge in [-0.25, -0.2) is 13.4 Å². The molecule has 0 spiro atoms. The fraction of sp³-hybridized carbons (Fsp3) is 0.231. The van der Waals surface area contributed by atoms with Gasteiger partial charge in [0.25, 0.3) is 15.9 Å². The van der Waals surface area contributed by atoms with E-state index >= 15 is 0 Å². The summed E-state index contributed by atoms with van der Waals surface area (Å²) in [5.74, 6) is 0.503. The number of nitrogens with one attached hydrogen (secondary N) is 1. The van der Waals surface area contributed by atoms with Crippen LogP contribution in [0.4, 0.5) is 32.0 Å². The molecule has 10 nitrogen and oxygen atoms in total. The lowest BCUT2D eigenvalue weighted by Crippen LogP contribution is -2.48. The Balaban J connectivity index is 0.971. The molecule has 57 heavy (non-hydrogen) atoms. The van der Waals surface area contributed by atoms with E-state index in [1.807, 2.05) is 0 Å². The summed E-state index contributed by atoms with van der Waals surface area (Å²) in [4.78, 5) is 20.2. The van der Waals surface area contributed by atoms with E-state index in [1.54, 1.807) is 59.0 Å². The predicted octanol–water partition coefficient (Wildman–Crippen LogP) is 8.81. The number of carbonyl (C=O) groups is 1. The number of thiophene rings is 1. The van der Waals surface area contributed by atoms with Crippen LogP contribution < -0.4 is 14.2 Å². The van der Waals surface area contributed by atoms with E-state index in [0.717, 1.165) is 16.3 Å². The molecule has 1 aliphatic heterocycles. The molecule has 0 radical (unpaired) electrons. The van der Waals surface area contributed by atoms with Gasteiger partial charge in [0.1, 0.15) is 27.0 Å². The molecule has 0 unspecified atom stereocenters. The Morgan fingerprint density at radius 1 is 0.877 bits per heavy atom. The van der Waals surface area contributed by atoms with Gasteiger partial charge in [0, 0.05) is 68.2 Å². The highest BCUT2D eigenvalue weighted by molar-refractivity contribution is 7.93. The molecule has 7 rings (SSSR count). The highest BCUT2D eigenvalue weighted by Crippen LogP contribution is 2.45. The minimum Gasteiger partial charge on any atom is -0.484 e. The third kappa shape index (κ3) is 9.19. The number of aryl methyl sites for hydroxylation is 1. The summed E-state index contributed by atoms with van der Waals surface area (Å²) in [7, 11) is -2.69. The zero-order chi connectivity index (χ0) is 40.5. The molecule has 1 amide bonds. The first-order valence-corrected chi connectivity index (χ1v) is 19.7. The maximum Gasteiger partial charge on any atom is 0.426 e. The van der Waals surface area contributed by atoms with Crippen molar-refractivity contribution in [1.82, 2.24) is 19.4 Å². The number of hydrogen-bond donors (Lipinski definition) is 1. The molecule has 4 heterocycles. The molecular weight excluding hydrogens is 797 g/mol. The van der Waals surface area contributed by atoms with Crippen LogP contribution in [0.15, 0.2) is 107 Å². The van der Waals surface area contributed by atoms with Gasteiger partial charge in [-0.15, -0.1) is 11.3 Å². The molecule has 18 heteroatoms. The Kier molecular flexibility index (Phi) is 10.9. The molecule has 3 aromatic heterocycles. The number of piperazine rings is 1. The lowest BCUT2D eigenvalue weighted by Gasteiger charge is -2.34. The van der Waals surface area contributed by atoms with E-state index in [2.05, 4.69) is 14.6 Å². The van der Waals surface area contributed by atoms with Crippen LogP contribution in [-0.4, -0.2) is 72.6 Å². The number of aromatic nitrogens is 2. The first-order valence-electron chi connectivity index (χ1n) is 17.3. The molecule has 0 atom stereocenters. The lowest BCUT2D eigenvalue weighted by atomic mass is 10.1. The summed E-state index contributed by atoms with van der Waals surface area (Å²) in [6.45, 7) is 1.39. The molecule has 1 fully saturated rings. The van der Waals surface area contributed by atoms with E-state index in [4.69, 9.17) is 9.47 Å². The average Bonchev–Trinajstić information content (AvgIpc) is 3.78. The molecule has 1 aliphatic rings. The van der Waals surface area contributed by atoms with Crippen LogP contribution in [0, 0.1) is 0 Å². The first-order chi connectivity index (χ1) is 27.0. The smallest absolute Gasteiger partial charge is 0.426 e. The second-order valence-electron chi connectivity index (χ2n) is 13.2. The van der Waals surface area contributed by atoms with Crippen LogP contribution >= 0.6 is 11.3 Å². The second kappa shape index (κ2) is 15.7. The normalized spacial score (nSPS) is 14.2.